The minimum atomic E-state index is 0.0821. The topological polar surface area (TPSA) is 32.5 Å². The number of rotatable bonds is 4. The maximum absolute atomic E-state index is 6.53. The van der Waals surface area contributed by atoms with Gasteiger partial charge in [0.05, 0.1) is 0 Å². The van der Waals surface area contributed by atoms with E-state index in [4.69, 9.17) is 5.73 Å². The van der Waals surface area contributed by atoms with Crippen molar-refractivity contribution in [2.24, 2.45) is 5.73 Å². The van der Waals surface area contributed by atoms with E-state index >= 15 is 0 Å². The summed E-state index contributed by atoms with van der Waals surface area (Å²) < 4.78 is 0. The second-order valence-electron chi connectivity index (χ2n) is 6.68. The minimum Gasteiger partial charge on any atom is -0.323 e. The van der Waals surface area contributed by atoms with Gasteiger partial charge in [-0.3, -0.25) is 9.80 Å². The van der Waals surface area contributed by atoms with Crippen molar-refractivity contribution in [1.82, 2.24) is 9.80 Å². The largest absolute Gasteiger partial charge is 0.323 e. The van der Waals surface area contributed by atoms with Gasteiger partial charge in [-0.15, -0.1) is 0 Å². The van der Waals surface area contributed by atoms with Gasteiger partial charge >= 0.3 is 0 Å². The maximum Gasteiger partial charge on any atom is 0.0450 e. The number of piperazine rings is 1. The summed E-state index contributed by atoms with van der Waals surface area (Å²) in [7, 11) is 2.22. The standard InChI is InChI=1S/C18H31N3/c1-6-16-7-9-17(10-8-16)18(19)15(4)21-11-13(2)20(5)14(3)12-21/h7-10,13-15,18H,6,11-12,19H2,1-5H3. The number of hydrogen-bond acceptors (Lipinski definition) is 3. The fourth-order valence-corrected chi connectivity index (χ4v) is 3.26. The number of nitrogens with two attached hydrogens (primary N) is 1. The Hall–Kier alpha value is -0.900. The summed E-state index contributed by atoms with van der Waals surface area (Å²) in [6.45, 7) is 11.3. The first-order chi connectivity index (χ1) is 9.93. The molecule has 1 aliphatic heterocycles. The van der Waals surface area contributed by atoms with E-state index in [-0.39, 0.29) is 6.04 Å². The molecule has 0 radical (unpaired) electrons. The van der Waals surface area contributed by atoms with Crippen LogP contribution in [0.5, 0.6) is 0 Å². The lowest BCUT2D eigenvalue weighted by molar-refractivity contribution is 0.0314. The highest BCUT2D eigenvalue weighted by Crippen LogP contribution is 2.23. The lowest BCUT2D eigenvalue weighted by atomic mass is 9.96. The Morgan fingerprint density at radius 2 is 1.67 bits per heavy atom. The molecule has 0 bridgehead atoms. The Morgan fingerprint density at radius 3 is 2.14 bits per heavy atom. The summed E-state index contributed by atoms with van der Waals surface area (Å²) in [5, 5.41) is 0. The zero-order chi connectivity index (χ0) is 15.6. The second-order valence-corrected chi connectivity index (χ2v) is 6.68. The molecule has 2 rings (SSSR count). The smallest absolute Gasteiger partial charge is 0.0450 e. The lowest BCUT2D eigenvalue weighted by Gasteiger charge is -2.46. The first kappa shape index (κ1) is 16.5. The quantitative estimate of drug-likeness (QED) is 0.925. The van der Waals surface area contributed by atoms with E-state index in [1.165, 1.54) is 11.1 Å². The third-order valence-corrected chi connectivity index (χ3v) is 5.26. The summed E-state index contributed by atoms with van der Waals surface area (Å²) in [4.78, 5) is 5.01. The SMILES string of the molecule is CCc1ccc(C(N)C(C)N2CC(C)N(C)C(C)C2)cc1. The fourth-order valence-electron chi connectivity index (χ4n) is 3.26. The molecule has 4 atom stereocenters. The summed E-state index contributed by atoms with van der Waals surface area (Å²) in [6, 6.07) is 10.4. The molecule has 118 valence electrons. The second kappa shape index (κ2) is 6.91. The normalized spacial score (nSPS) is 27.5. The van der Waals surface area contributed by atoms with E-state index in [1.54, 1.807) is 0 Å². The maximum atomic E-state index is 6.53. The van der Waals surface area contributed by atoms with Gasteiger partial charge in [-0.25, -0.2) is 0 Å². The van der Waals surface area contributed by atoms with E-state index in [9.17, 15) is 0 Å². The van der Waals surface area contributed by atoms with Crippen LogP contribution < -0.4 is 5.73 Å². The van der Waals surface area contributed by atoms with Crippen molar-refractivity contribution in [1.29, 1.82) is 0 Å². The van der Waals surface area contributed by atoms with Crippen molar-refractivity contribution in [2.45, 2.75) is 58.3 Å². The van der Waals surface area contributed by atoms with E-state index in [0.29, 0.717) is 18.1 Å². The summed E-state index contributed by atoms with van der Waals surface area (Å²) in [5.41, 5.74) is 9.16. The number of nitrogens with zero attached hydrogens (tertiary/aromatic N) is 2. The van der Waals surface area contributed by atoms with Gasteiger partial charge in [0, 0.05) is 37.3 Å². The molecule has 1 aromatic carbocycles. The molecule has 0 amide bonds. The van der Waals surface area contributed by atoms with Gasteiger partial charge in [-0.1, -0.05) is 31.2 Å². The first-order valence-corrected chi connectivity index (χ1v) is 8.24. The number of hydrogen-bond donors (Lipinski definition) is 1. The molecule has 1 aliphatic rings. The molecule has 1 fully saturated rings. The Bertz CT molecular complexity index is 430. The molecule has 1 heterocycles. The van der Waals surface area contributed by atoms with E-state index in [2.05, 4.69) is 68.8 Å². The fraction of sp³-hybridized carbons (Fsp3) is 0.667. The lowest BCUT2D eigenvalue weighted by Crippen LogP contribution is -2.58. The summed E-state index contributed by atoms with van der Waals surface area (Å²) >= 11 is 0. The monoisotopic (exact) mass is 289 g/mol. The molecule has 0 aliphatic carbocycles. The Balaban J connectivity index is 2.05. The molecule has 21 heavy (non-hydrogen) atoms. The van der Waals surface area contributed by atoms with Crippen molar-refractivity contribution in [3.63, 3.8) is 0 Å². The van der Waals surface area contributed by atoms with Crippen LogP contribution in [0.2, 0.25) is 0 Å². The minimum absolute atomic E-state index is 0.0821. The number of likely N-dealkylation sites (N-methyl/N-ethyl adjacent to an activating group) is 1. The van der Waals surface area contributed by atoms with Crippen LogP contribution in [0.15, 0.2) is 24.3 Å². The third kappa shape index (κ3) is 3.65. The molecule has 0 spiro atoms. The molecule has 0 aromatic heterocycles. The van der Waals surface area contributed by atoms with Crippen LogP contribution in [0, 0.1) is 0 Å². The average Bonchev–Trinajstić information content (AvgIpc) is 2.50. The van der Waals surface area contributed by atoms with Gasteiger partial charge in [-0.2, -0.15) is 0 Å². The van der Waals surface area contributed by atoms with Gasteiger partial charge in [0.1, 0.15) is 0 Å². The van der Waals surface area contributed by atoms with Crippen molar-refractivity contribution in [2.75, 3.05) is 20.1 Å². The van der Waals surface area contributed by atoms with Crippen LogP contribution in [0.4, 0.5) is 0 Å². The average molecular weight is 289 g/mol. The van der Waals surface area contributed by atoms with Crippen LogP contribution in [0.3, 0.4) is 0 Å². The molecule has 0 saturated carbocycles. The van der Waals surface area contributed by atoms with Gasteiger partial charge in [-0.05, 0) is 45.4 Å². The molecule has 1 saturated heterocycles. The highest BCUT2D eigenvalue weighted by Gasteiger charge is 2.31. The first-order valence-electron chi connectivity index (χ1n) is 8.24. The van der Waals surface area contributed by atoms with Crippen LogP contribution in [-0.2, 0) is 6.42 Å². The van der Waals surface area contributed by atoms with E-state index in [0.717, 1.165) is 19.5 Å². The van der Waals surface area contributed by atoms with Gasteiger partial charge in [0.15, 0.2) is 0 Å². The Labute approximate surface area is 130 Å². The van der Waals surface area contributed by atoms with E-state index in [1.807, 2.05) is 0 Å². The highest BCUT2D eigenvalue weighted by molar-refractivity contribution is 5.25. The van der Waals surface area contributed by atoms with Crippen LogP contribution in [0.25, 0.3) is 0 Å². The molecule has 4 unspecified atom stereocenters. The predicted molar refractivity (Wildman–Crippen MR) is 90.5 cm³/mol. The third-order valence-electron chi connectivity index (χ3n) is 5.26. The van der Waals surface area contributed by atoms with Gasteiger partial charge in [0.25, 0.3) is 0 Å². The number of aryl methyl sites for hydroxylation is 1. The van der Waals surface area contributed by atoms with Crippen molar-refractivity contribution in [3.8, 4) is 0 Å². The summed E-state index contributed by atoms with van der Waals surface area (Å²) in [6.07, 6.45) is 1.08. The van der Waals surface area contributed by atoms with Crippen LogP contribution in [-0.4, -0.2) is 48.1 Å². The predicted octanol–water partition coefficient (Wildman–Crippen LogP) is 2.66. The Morgan fingerprint density at radius 1 is 1.14 bits per heavy atom. The van der Waals surface area contributed by atoms with Crippen molar-refractivity contribution in [3.05, 3.63) is 35.4 Å². The highest BCUT2D eigenvalue weighted by atomic mass is 15.3. The van der Waals surface area contributed by atoms with Crippen LogP contribution in [0.1, 0.15) is 44.9 Å². The Kier molecular flexibility index (Phi) is 5.42. The van der Waals surface area contributed by atoms with E-state index < -0.39 is 0 Å². The molecule has 3 nitrogen and oxygen atoms in total. The molecular weight excluding hydrogens is 258 g/mol. The van der Waals surface area contributed by atoms with Crippen molar-refractivity contribution < 1.29 is 0 Å². The van der Waals surface area contributed by atoms with Crippen molar-refractivity contribution >= 4 is 0 Å². The summed E-state index contributed by atoms with van der Waals surface area (Å²) in [5.74, 6) is 0. The number of benzene rings is 1. The van der Waals surface area contributed by atoms with Crippen LogP contribution >= 0.6 is 0 Å². The molecule has 3 heteroatoms. The zero-order valence-corrected chi connectivity index (χ0v) is 14.2. The van der Waals surface area contributed by atoms with Gasteiger partial charge in [0.2, 0.25) is 0 Å². The van der Waals surface area contributed by atoms with Gasteiger partial charge < -0.3 is 5.73 Å². The zero-order valence-electron chi connectivity index (χ0n) is 14.2. The molecule has 1 aromatic rings. The molecule has 2 N–H and O–H groups in total. The molecular formula is C18H31N3.